The summed E-state index contributed by atoms with van der Waals surface area (Å²) in [5, 5.41) is 3.16. The van der Waals surface area contributed by atoms with Crippen molar-refractivity contribution in [3.63, 3.8) is 0 Å². The number of halogens is 3. The van der Waals surface area contributed by atoms with Crippen molar-refractivity contribution in [3.8, 4) is 0 Å². The van der Waals surface area contributed by atoms with E-state index in [1.807, 2.05) is 0 Å². The van der Waals surface area contributed by atoms with Crippen LogP contribution in [0.2, 0.25) is 0 Å². The first-order valence-electron chi connectivity index (χ1n) is 10.9. The monoisotopic (exact) mass is 435 g/mol. The van der Waals surface area contributed by atoms with Gasteiger partial charge < -0.3 is 11.1 Å². The highest BCUT2D eigenvalue weighted by molar-refractivity contribution is 7.19. The molecule has 4 saturated carbocycles. The highest BCUT2D eigenvalue weighted by atomic mass is 32.1. The minimum absolute atomic E-state index is 0.102. The maximum Gasteiger partial charge on any atom is 0.418 e. The third kappa shape index (κ3) is 2.71. The van der Waals surface area contributed by atoms with Gasteiger partial charge in [-0.25, -0.2) is 4.98 Å². The number of aryl methyl sites for hydroxylation is 2. The zero-order valence-electron chi connectivity index (χ0n) is 16.6. The van der Waals surface area contributed by atoms with Gasteiger partial charge in [0.25, 0.3) is 5.91 Å². The van der Waals surface area contributed by atoms with Gasteiger partial charge in [-0.05, 0) is 81.1 Å². The summed E-state index contributed by atoms with van der Waals surface area (Å²) in [7, 11) is 0. The van der Waals surface area contributed by atoms with Crippen molar-refractivity contribution in [2.24, 2.45) is 17.8 Å². The van der Waals surface area contributed by atoms with Gasteiger partial charge in [0, 0.05) is 15.8 Å². The lowest BCUT2D eigenvalue weighted by molar-refractivity contribution is -0.136. The summed E-state index contributed by atoms with van der Waals surface area (Å²) >= 11 is 1.28. The molecular weight excluding hydrogens is 411 g/mol. The lowest BCUT2D eigenvalue weighted by Gasteiger charge is -2.56. The summed E-state index contributed by atoms with van der Waals surface area (Å²) in [6.45, 7) is 0. The van der Waals surface area contributed by atoms with E-state index in [1.54, 1.807) is 0 Å². The van der Waals surface area contributed by atoms with Crippen molar-refractivity contribution in [2.75, 3.05) is 5.73 Å². The van der Waals surface area contributed by atoms with Crippen LogP contribution < -0.4 is 11.1 Å². The fourth-order valence-electron chi connectivity index (χ4n) is 7.23. The van der Waals surface area contributed by atoms with Crippen molar-refractivity contribution < 1.29 is 18.0 Å². The first-order valence-corrected chi connectivity index (χ1v) is 11.7. The number of alkyl halides is 3. The predicted molar refractivity (Wildman–Crippen MR) is 109 cm³/mol. The molecule has 4 bridgehead atoms. The number of hydrogen-bond donors (Lipinski definition) is 2. The van der Waals surface area contributed by atoms with Crippen LogP contribution in [0.15, 0.2) is 0 Å². The molecule has 0 radical (unpaired) electrons. The van der Waals surface area contributed by atoms with Crippen LogP contribution in [0.3, 0.4) is 0 Å². The third-order valence-electron chi connectivity index (χ3n) is 7.81. The first kappa shape index (κ1) is 18.9. The molecule has 7 rings (SSSR count). The number of pyridine rings is 1. The molecule has 0 atom stereocenters. The van der Waals surface area contributed by atoms with E-state index >= 15 is 0 Å². The molecule has 2 aromatic rings. The molecule has 0 unspecified atom stereocenters. The first-order chi connectivity index (χ1) is 14.2. The molecule has 0 saturated heterocycles. The largest absolute Gasteiger partial charge is 0.418 e. The molecule has 5 aliphatic carbocycles. The molecule has 4 fully saturated rings. The molecular formula is C22H24F3N3OS. The Morgan fingerprint density at radius 2 is 1.73 bits per heavy atom. The molecule has 0 aromatic carbocycles. The molecule has 30 heavy (non-hydrogen) atoms. The number of nitrogens with zero attached hydrogens (tertiary/aromatic N) is 1. The van der Waals surface area contributed by atoms with Gasteiger partial charge in [-0.3, -0.25) is 4.79 Å². The van der Waals surface area contributed by atoms with E-state index in [1.165, 1.54) is 30.6 Å². The summed E-state index contributed by atoms with van der Waals surface area (Å²) in [5.41, 5.74) is 4.97. The van der Waals surface area contributed by atoms with Crippen molar-refractivity contribution in [1.82, 2.24) is 10.3 Å². The van der Waals surface area contributed by atoms with E-state index < -0.39 is 23.2 Å². The Balaban J connectivity index is 1.46. The number of carbonyl (C=O) groups is 1. The minimum Gasteiger partial charge on any atom is -0.383 e. The van der Waals surface area contributed by atoms with Crippen LogP contribution >= 0.6 is 11.3 Å². The Bertz CT molecular complexity index is 1040. The van der Waals surface area contributed by atoms with Crippen LogP contribution in [0.25, 0.3) is 10.2 Å². The fraction of sp³-hybridized carbons (Fsp3) is 0.636. The van der Waals surface area contributed by atoms with Crippen molar-refractivity contribution in [2.45, 2.75) is 69.5 Å². The standard InChI is InChI=1S/C22H24F3N3OS/c23-22(24,25)17-15-13-2-1-3-14(13)30-20(15)27-18(26)16(17)19(29)28-21-7-10-4-11(8-21)6-12(5-10)9-21/h10-12H,1-9H2,(H2,26,27)(H,28,29). The summed E-state index contributed by atoms with van der Waals surface area (Å²) in [6, 6.07) is 0. The summed E-state index contributed by atoms with van der Waals surface area (Å²) in [4.78, 5) is 18.9. The normalized spacial score (nSPS) is 32.0. The number of anilines is 1. The smallest absolute Gasteiger partial charge is 0.383 e. The van der Waals surface area contributed by atoms with Crippen molar-refractivity contribution >= 4 is 33.3 Å². The number of amides is 1. The number of hydrogen-bond acceptors (Lipinski definition) is 4. The Hall–Kier alpha value is -1.83. The molecule has 4 nitrogen and oxygen atoms in total. The second-order valence-electron chi connectivity index (χ2n) is 9.93. The average Bonchev–Trinajstić information content (AvgIpc) is 3.18. The molecule has 0 spiro atoms. The molecule has 8 heteroatoms. The maximum absolute atomic E-state index is 14.3. The fourth-order valence-corrected chi connectivity index (χ4v) is 8.50. The molecule has 160 valence electrons. The van der Waals surface area contributed by atoms with E-state index in [4.69, 9.17) is 5.73 Å². The SMILES string of the molecule is Nc1nc2sc3c(c2c(C(F)(F)F)c1C(=O)NC12CC4CC(CC(C4)C1)C2)CCC3. The van der Waals surface area contributed by atoms with Crippen LogP contribution in [0.5, 0.6) is 0 Å². The second-order valence-corrected chi connectivity index (χ2v) is 11.0. The van der Waals surface area contributed by atoms with E-state index in [-0.39, 0.29) is 16.7 Å². The lowest BCUT2D eigenvalue weighted by Crippen LogP contribution is -2.60. The van der Waals surface area contributed by atoms with Crippen molar-refractivity contribution in [3.05, 3.63) is 21.6 Å². The highest BCUT2D eigenvalue weighted by Gasteiger charge is 2.52. The Morgan fingerprint density at radius 1 is 1.10 bits per heavy atom. The number of nitrogens with one attached hydrogen (secondary N) is 1. The van der Waals surface area contributed by atoms with Gasteiger partial charge in [-0.2, -0.15) is 13.2 Å². The van der Waals surface area contributed by atoms with Gasteiger partial charge in [0.05, 0.1) is 11.1 Å². The second kappa shape index (κ2) is 6.11. The van der Waals surface area contributed by atoms with Gasteiger partial charge in [-0.15, -0.1) is 11.3 Å². The number of nitrogen functional groups attached to an aromatic ring is 1. The number of nitrogens with two attached hydrogens (primary N) is 1. The van der Waals surface area contributed by atoms with Crippen LogP contribution in [0, 0.1) is 17.8 Å². The number of aromatic nitrogens is 1. The average molecular weight is 436 g/mol. The van der Waals surface area contributed by atoms with Crippen LogP contribution in [0.4, 0.5) is 19.0 Å². The molecule has 0 aliphatic heterocycles. The number of thiophene rings is 1. The molecule has 3 N–H and O–H groups in total. The predicted octanol–water partition coefficient (Wildman–Crippen LogP) is 5.08. The Labute approximate surface area is 176 Å². The highest BCUT2D eigenvalue weighted by Crippen LogP contribution is 2.56. The molecule has 1 amide bonds. The molecule has 5 aliphatic rings. The van der Waals surface area contributed by atoms with Gasteiger partial charge in [-0.1, -0.05) is 0 Å². The van der Waals surface area contributed by atoms with E-state index in [0.29, 0.717) is 34.6 Å². The third-order valence-corrected chi connectivity index (χ3v) is 8.99. The van der Waals surface area contributed by atoms with Crippen LogP contribution in [-0.2, 0) is 19.0 Å². The quantitative estimate of drug-likeness (QED) is 0.691. The number of rotatable bonds is 2. The molecule has 2 aromatic heterocycles. The topological polar surface area (TPSA) is 68.0 Å². The Morgan fingerprint density at radius 3 is 2.33 bits per heavy atom. The number of fused-ring (bicyclic) bond motifs is 3. The van der Waals surface area contributed by atoms with E-state index in [9.17, 15) is 18.0 Å². The summed E-state index contributed by atoms with van der Waals surface area (Å²) < 4.78 is 42.9. The zero-order chi connectivity index (χ0) is 20.8. The number of carbonyl (C=O) groups excluding carboxylic acids is 1. The minimum atomic E-state index is -4.67. The molecule has 2 heterocycles. The van der Waals surface area contributed by atoms with Gasteiger partial charge >= 0.3 is 6.18 Å². The van der Waals surface area contributed by atoms with E-state index in [2.05, 4.69) is 10.3 Å². The zero-order valence-corrected chi connectivity index (χ0v) is 17.4. The van der Waals surface area contributed by atoms with Gasteiger partial charge in [0.1, 0.15) is 10.6 Å². The summed E-state index contributed by atoms with van der Waals surface area (Å²) in [5.74, 6) is 0.733. The van der Waals surface area contributed by atoms with Gasteiger partial charge in [0.2, 0.25) is 0 Å². The Kier molecular flexibility index (Phi) is 3.85. The van der Waals surface area contributed by atoms with Crippen LogP contribution in [0.1, 0.15) is 71.3 Å². The summed E-state index contributed by atoms with van der Waals surface area (Å²) in [6.07, 6.45) is 3.73. The van der Waals surface area contributed by atoms with E-state index in [0.717, 1.165) is 37.0 Å². The maximum atomic E-state index is 14.3. The van der Waals surface area contributed by atoms with Crippen LogP contribution in [-0.4, -0.2) is 16.4 Å². The van der Waals surface area contributed by atoms with Crippen molar-refractivity contribution in [1.29, 1.82) is 0 Å². The lowest BCUT2D eigenvalue weighted by atomic mass is 9.53. The van der Waals surface area contributed by atoms with Gasteiger partial charge in [0.15, 0.2) is 0 Å².